The fourth-order valence-corrected chi connectivity index (χ4v) is 3.15. The van der Waals surface area contributed by atoms with Crippen LogP contribution in [0.5, 0.6) is 0 Å². The van der Waals surface area contributed by atoms with Crippen LogP contribution in [0, 0.1) is 0 Å². The standard InChI is InChI=1S/C17H16O2/c1-2-5-13-12(4-1)10-16-14(13)6-3-7-15(16)17-11-18-8-9-19-17/h1-7,17H,8-11H2. The minimum atomic E-state index is 0.0954. The van der Waals surface area contributed by atoms with Gasteiger partial charge in [0.1, 0.15) is 6.10 Å². The first-order chi connectivity index (χ1) is 9.43. The smallest absolute Gasteiger partial charge is 0.106 e. The highest BCUT2D eigenvalue weighted by molar-refractivity contribution is 5.78. The summed E-state index contributed by atoms with van der Waals surface area (Å²) in [5.74, 6) is 0. The largest absolute Gasteiger partial charge is 0.376 e. The van der Waals surface area contributed by atoms with Crippen molar-refractivity contribution in [2.45, 2.75) is 12.5 Å². The van der Waals surface area contributed by atoms with Crippen molar-refractivity contribution < 1.29 is 9.47 Å². The van der Waals surface area contributed by atoms with Gasteiger partial charge in [-0.1, -0.05) is 42.5 Å². The zero-order valence-corrected chi connectivity index (χ0v) is 10.8. The normalized spacial score (nSPS) is 20.9. The molecule has 1 saturated heterocycles. The summed E-state index contributed by atoms with van der Waals surface area (Å²) in [7, 11) is 0. The van der Waals surface area contributed by atoms with Crippen molar-refractivity contribution in [3.63, 3.8) is 0 Å². The summed E-state index contributed by atoms with van der Waals surface area (Å²) in [6.45, 7) is 2.08. The molecule has 1 atom stereocenters. The third-order valence-corrected chi connectivity index (χ3v) is 4.05. The summed E-state index contributed by atoms with van der Waals surface area (Å²) in [5, 5.41) is 0. The highest BCUT2D eigenvalue weighted by atomic mass is 16.6. The lowest BCUT2D eigenvalue weighted by Crippen LogP contribution is -2.22. The van der Waals surface area contributed by atoms with E-state index in [4.69, 9.17) is 9.47 Å². The molecule has 2 heteroatoms. The molecular weight excluding hydrogens is 236 g/mol. The average molecular weight is 252 g/mol. The molecule has 0 saturated carbocycles. The molecule has 4 rings (SSSR count). The maximum absolute atomic E-state index is 5.86. The minimum absolute atomic E-state index is 0.0954. The van der Waals surface area contributed by atoms with E-state index in [9.17, 15) is 0 Å². The van der Waals surface area contributed by atoms with Crippen molar-refractivity contribution in [3.8, 4) is 11.1 Å². The van der Waals surface area contributed by atoms with Crippen molar-refractivity contribution in [1.82, 2.24) is 0 Å². The average Bonchev–Trinajstić information content (AvgIpc) is 2.87. The van der Waals surface area contributed by atoms with Crippen LogP contribution in [0.2, 0.25) is 0 Å². The molecule has 0 aromatic heterocycles. The molecule has 1 aliphatic carbocycles. The van der Waals surface area contributed by atoms with Gasteiger partial charge in [-0.3, -0.25) is 0 Å². The Morgan fingerprint density at radius 2 is 1.79 bits per heavy atom. The minimum Gasteiger partial charge on any atom is -0.376 e. The Balaban J connectivity index is 1.80. The number of hydrogen-bond acceptors (Lipinski definition) is 2. The van der Waals surface area contributed by atoms with Gasteiger partial charge < -0.3 is 9.47 Å². The van der Waals surface area contributed by atoms with Crippen LogP contribution in [0.25, 0.3) is 11.1 Å². The lowest BCUT2D eigenvalue weighted by Gasteiger charge is -2.25. The third kappa shape index (κ3) is 1.79. The molecule has 2 nitrogen and oxygen atoms in total. The van der Waals surface area contributed by atoms with Gasteiger partial charge >= 0.3 is 0 Å². The monoisotopic (exact) mass is 252 g/mol. The Labute approximate surface area is 113 Å². The number of benzene rings is 2. The zero-order valence-electron chi connectivity index (χ0n) is 10.8. The Morgan fingerprint density at radius 3 is 2.68 bits per heavy atom. The van der Waals surface area contributed by atoms with Crippen molar-refractivity contribution in [2.75, 3.05) is 19.8 Å². The van der Waals surface area contributed by atoms with E-state index in [1.54, 1.807) is 0 Å². The van der Waals surface area contributed by atoms with Crippen LogP contribution in [0.3, 0.4) is 0 Å². The molecule has 1 fully saturated rings. The molecule has 0 amide bonds. The SMILES string of the molecule is c1ccc2c(c1)Cc1c-2cccc1C1COCCO1. The van der Waals surface area contributed by atoms with Crippen LogP contribution in [-0.2, 0) is 15.9 Å². The topological polar surface area (TPSA) is 18.5 Å². The first-order valence-electron chi connectivity index (χ1n) is 6.83. The zero-order chi connectivity index (χ0) is 12.7. The van der Waals surface area contributed by atoms with Crippen molar-refractivity contribution >= 4 is 0 Å². The first kappa shape index (κ1) is 11.2. The summed E-state index contributed by atoms with van der Waals surface area (Å²) in [6, 6.07) is 15.2. The fourth-order valence-electron chi connectivity index (χ4n) is 3.15. The molecule has 0 bridgehead atoms. The Bertz CT molecular complexity index is 612. The predicted molar refractivity (Wildman–Crippen MR) is 74.2 cm³/mol. The molecule has 0 radical (unpaired) electrons. The molecule has 0 spiro atoms. The van der Waals surface area contributed by atoms with Crippen LogP contribution in [0.4, 0.5) is 0 Å². The molecular formula is C17H16O2. The fraction of sp³-hybridized carbons (Fsp3) is 0.294. The van der Waals surface area contributed by atoms with Crippen molar-refractivity contribution in [1.29, 1.82) is 0 Å². The van der Waals surface area contributed by atoms with Gasteiger partial charge in [-0.15, -0.1) is 0 Å². The molecule has 1 heterocycles. The lowest BCUT2D eigenvalue weighted by molar-refractivity contribution is -0.0903. The van der Waals surface area contributed by atoms with Crippen LogP contribution >= 0.6 is 0 Å². The Morgan fingerprint density at radius 1 is 0.895 bits per heavy atom. The van der Waals surface area contributed by atoms with Gasteiger partial charge in [-0.2, -0.15) is 0 Å². The molecule has 1 aliphatic heterocycles. The van der Waals surface area contributed by atoms with Gasteiger partial charge in [-0.05, 0) is 34.2 Å². The second kappa shape index (κ2) is 4.48. The second-order valence-corrected chi connectivity index (χ2v) is 5.14. The molecule has 1 unspecified atom stereocenters. The van der Waals surface area contributed by atoms with Crippen LogP contribution in [-0.4, -0.2) is 19.8 Å². The maximum Gasteiger partial charge on any atom is 0.106 e. The lowest BCUT2D eigenvalue weighted by atomic mass is 9.97. The maximum atomic E-state index is 5.86. The molecule has 2 aromatic carbocycles. The third-order valence-electron chi connectivity index (χ3n) is 4.05. The van der Waals surface area contributed by atoms with Crippen LogP contribution < -0.4 is 0 Å². The van der Waals surface area contributed by atoms with Gasteiger partial charge in [0.25, 0.3) is 0 Å². The first-order valence-corrected chi connectivity index (χ1v) is 6.83. The van der Waals surface area contributed by atoms with Crippen molar-refractivity contribution in [3.05, 3.63) is 59.2 Å². The van der Waals surface area contributed by atoms with Crippen molar-refractivity contribution in [2.24, 2.45) is 0 Å². The van der Waals surface area contributed by atoms with Gasteiger partial charge in [-0.25, -0.2) is 0 Å². The van der Waals surface area contributed by atoms with E-state index in [-0.39, 0.29) is 6.10 Å². The second-order valence-electron chi connectivity index (χ2n) is 5.14. The van der Waals surface area contributed by atoms with Gasteiger partial charge in [0.2, 0.25) is 0 Å². The van der Waals surface area contributed by atoms with Gasteiger partial charge in [0.05, 0.1) is 19.8 Å². The van der Waals surface area contributed by atoms with E-state index in [2.05, 4.69) is 42.5 Å². The van der Waals surface area contributed by atoms with E-state index in [1.165, 1.54) is 27.8 Å². The highest BCUT2D eigenvalue weighted by Crippen LogP contribution is 2.40. The summed E-state index contributed by atoms with van der Waals surface area (Å²) in [5.41, 5.74) is 6.87. The van der Waals surface area contributed by atoms with E-state index in [0.717, 1.165) is 6.42 Å². The molecule has 19 heavy (non-hydrogen) atoms. The quantitative estimate of drug-likeness (QED) is 0.661. The Hall–Kier alpha value is -1.64. The summed E-state index contributed by atoms with van der Waals surface area (Å²) in [4.78, 5) is 0. The number of ether oxygens (including phenoxy) is 2. The number of hydrogen-bond donors (Lipinski definition) is 0. The molecule has 2 aliphatic rings. The van der Waals surface area contributed by atoms with E-state index in [0.29, 0.717) is 19.8 Å². The molecule has 96 valence electrons. The van der Waals surface area contributed by atoms with Crippen LogP contribution in [0.1, 0.15) is 22.8 Å². The highest BCUT2D eigenvalue weighted by Gasteiger charge is 2.25. The van der Waals surface area contributed by atoms with E-state index < -0.39 is 0 Å². The van der Waals surface area contributed by atoms with E-state index in [1.807, 2.05) is 0 Å². The molecule has 2 aromatic rings. The summed E-state index contributed by atoms with van der Waals surface area (Å²) < 4.78 is 11.4. The molecule has 0 N–H and O–H groups in total. The summed E-state index contributed by atoms with van der Waals surface area (Å²) in [6.07, 6.45) is 1.11. The summed E-state index contributed by atoms with van der Waals surface area (Å²) >= 11 is 0. The number of fused-ring (bicyclic) bond motifs is 3. The van der Waals surface area contributed by atoms with Gasteiger partial charge in [0, 0.05) is 0 Å². The van der Waals surface area contributed by atoms with E-state index >= 15 is 0 Å². The predicted octanol–water partition coefficient (Wildman–Crippen LogP) is 3.35. The Kier molecular flexibility index (Phi) is 2.64. The number of rotatable bonds is 1. The van der Waals surface area contributed by atoms with Crippen LogP contribution in [0.15, 0.2) is 42.5 Å². The van der Waals surface area contributed by atoms with Gasteiger partial charge in [0.15, 0.2) is 0 Å².